The molecule has 0 unspecified atom stereocenters. The lowest BCUT2D eigenvalue weighted by Crippen LogP contribution is -2.07. The molecule has 0 atom stereocenters. The summed E-state index contributed by atoms with van der Waals surface area (Å²) in [7, 11) is 0. The third-order valence-electron chi connectivity index (χ3n) is 3.28. The lowest BCUT2D eigenvalue weighted by Gasteiger charge is -2.06. The summed E-state index contributed by atoms with van der Waals surface area (Å²) in [4.78, 5) is 11.9. The molecule has 0 bridgehead atoms. The molecule has 0 spiro atoms. The second-order valence-corrected chi connectivity index (χ2v) is 4.82. The Bertz CT molecular complexity index is 606. The Morgan fingerprint density at radius 2 is 1.75 bits per heavy atom. The van der Waals surface area contributed by atoms with Gasteiger partial charge in [0.25, 0.3) is 0 Å². The van der Waals surface area contributed by atoms with Gasteiger partial charge in [0.1, 0.15) is 11.6 Å². The molecule has 0 saturated heterocycles. The normalized spacial score (nSPS) is 10.6. The Hall–Kier alpha value is -2.03. The van der Waals surface area contributed by atoms with Crippen LogP contribution in [-0.2, 0) is 6.42 Å². The van der Waals surface area contributed by atoms with Gasteiger partial charge < -0.3 is 0 Å². The predicted octanol–water partition coefficient (Wildman–Crippen LogP) is 4.48. The van der Waals surface area contributed by atoms with Gasteiger partial charge in [-0.3, -0.25) is 4.79 Å². The van der Waals surface area contributed by atoms with E-state index >= 15 is 0 Å². The number of aryl methyl sites for hydroxylation is 2. The minimum Gasteiger partial charge on any atom is -0.294 e. The van der Waals surface area contributed by atoms with Crippen LogP contribution in [0.25, 0.3) is 0 Å². The molecular formula is C17H16F2O. The highest BCUT2D eigenvalue weighted by Crippen LogP contribution is 2.19. The number of hydrogen-bond donors (Lipinski definition) is 0. The third-order valence-corrected chi connectivity index (χ3v) is 3.28. The van der Waals surface area contributed by atoms with Crippen molar-refractivity contribution in [2.75, 3.05) is 0 Å². The monoisotopic (exact) mass is 274 g/mol. The van der Waals surface area contributed by atoms with E-state index in [9.17, 15) is 13.6 Å². The first-order valence-electron chi connectivity index (χ1n) is 6.61. The summed E-state index contributed by atoms with van der Waals surface area (Å²) in [6.45, 7) is 1.52. The molecule has 0 heterocycles. The van der Waals surface area contributed by atoms with Gasteiger partial charge in [0.2, 0.25) is 0 Å². The molecular weight excluding hydrogens is 258 g/mol. The minimum absolute atomic E-state index is 0.145. The fraction of sp³-hybridized carbons (Fsp3) is 0.235. The molecule has 0 radical (unpaired) electrons. The number of carbonyl (C=O) groups excluding carboxylic acids is 1. The van der Waals surface area contributed by atoms with Crippen molar-refractivity contribution in [1.29, 1.82) is 0 Å². The number of benzene rings is 2. The zero-order valence-corrected chi connectivity index (χ0v) is 11.3. The van der Waals surface area contributed by atoms with Crippen molar-refractivity contribution in [3.05, 3.63) is 70.8 Å². The van der Waals surface area contributed by atoms with Crippen molar-refractivity contribution in [1.82, 2.24) is 0 Å². The van der Waals surface area contributed by atoms with Gasteiger partial charge in [0.05, 0.1) is 5.56 Å². The minimum atomic E-state index is -0.780. The quantitative estimate of drug-likeness (QED) is 0.735. The van der Waals surface area contributed by atoms with E-state index in [4.69, 9.17) is 0 Å². The summed E-state index contributed by atoms with van der Waals surface area (Å²) in [5.74, 6) is -1.99. The summed E-state index contributed by atoms with van der Waals surface area (Å²) in [5, 5.41) is 0. The molecule has 2 aromatic carbocycles. The molecule has 1 nitrogen and oxygen atoms in total. The topological polar surface area (TPSA) is 17.1 Å². The van der Waals surface area contributed by atoms with E-state index in [1.165, 1.54) is 13.0 Å². The standard InChI is InChI=1S/C17H16F2O/c1-12-10-11-14(18)16(17(12)19)15(20)9-5-8-13-6-3-2-4-7-13/h2-4,6-7,10-11H,5,8-9H2,1H3. The Morgan fingerprint density at radius 3 is 2.45 bits per heavy atom. The van der Waals surface area contributed by atoms with E-state index in [0.29, 0.717) is 6.42 Å². The maximum absolute atomic E-state index is 13.8. The maximum atomic E-state index is 13.8. The van der Waals surface area contributed by atoms with Gasteiger partial charge in [0.15, 0.2) is 5.78 Å². The third kappa shape index (κ3) is 3.29. The van der Waals surface area contributed by atoms with Crippen LogP contribution < -0.4 is 0 Å². The Morgan fingerprint density at radius 1 is 1.05 bits per heavy atom. The molecule has 0 aliphatic rings. The smallest absolute Gasteiger partial charge is 0.168 e. The van der Waals surface area contributed by atoms with Crippen LogP contribution in [0.2, 0.25) is 0 Å². The molecule has 104 valence electrons. The van der Waals surface area contributed by atoms with Crippen molar-refractivity contribution in [2.24, 2.45) is 0 Å². The van der Waals surface area contributed by atoms with E-state index in [0.717, 1.165) is 18.1 Å². The molecule has 0 saturated carbocycles. The average molecular weight is 274 g/mol. The van der Waals surface area contributed by atoms with Gasteiger partial charge in [-0.25, -0.2) is 8.78 Å². The van der Waals surface area contributed by atoms with Gasteiger partial charge in [0, 0.05) is 6.42 Å². The number of Topliss-reactive ketones (excluding diaryl/α,β-unsaturated/α-hetero) is 1. The number of ketones is 1. The summed E-state index contributed by atoms with van der Waals surface area (Å²) in [5.41, 5.74) is 1.00. The first-order valence-corrected chi connectivity index (χ1v) is 6.61. The van der Waals surface area contributed by atoms with Gasteiger partial charge in [-0.2, -0.15) is 0 Å². The molecule has 0 aliphatic heterocycles. The first kappa shape index (κ1) is 14.4. The van der Waals surface area contributed by atoms with Crippen LogP contribution in [0.5, 0.6) is 0 Å². The van der Waals surface area contributed by atoms with Crippen molar-refractivity contribution < 1.29 is 13.6 Å². The molecule has 0 fully saturated rings. The zero-order valence-electron chi connectivity index (χ0n) is 11.3. The lowest BCUT2D eigenvalue weighted by atomic mass is 10.0. The van der Waals surface area contributed by atoms with E-state index in [2.05, 4.69) is 0 Å². The fourth-order valence-electron chi connectivity index (χ4n) is 2.14. The fourth-order valence-corrected chi connectivity index (χ4v) is 2.14. The molecule has 0 aliphatic carbocycles. The summed E-state index contributed by atoms with van der Waals surface area (Å²) >= 11 is 0. The SMILES string of the molecule is Cc1ccc(F)c(C(=O)CCCc2ccccc2)c1F. The Kier molecular flexibility index (Phi) is 4.61. The molecule has 3 heteroatoms. The van der Waals surface area contributed by atoms with Crippen LogP contribution in [0.15, 0.2) is 42.5 Å². The molecule has 0 aromatic heterocycles. The van der Waals surface area contributed by atoms with Crippen LogP contribution in [0, 0.1) is 18.6 Å². The summed E-state index contributed by atoms with van der Waals surface area (Å²) in [6.07, 6.45) is 1.45. The molecule has 0 amide bonds. The van der Waals surface area contributed by atoms with Crippen LogP contribution in [-0.4, -0.2) is 5.78 Å². The van der Waals surface area contributed by atoms with E-state index < -0.39 is 23.0 Å². The zero-order chi connectivity index (χ0) is 14.5. The second kappa shape index (κ2) is 6.42. The summed E-state index contributed by atoms with van der Waals surface area (Å²) < 4.78 is 27.4. The first-order chi connectivity index (χ1) is 9.59. The predicted molar refractivity (Wildman–Crippen MR) is 74.8 cm³/mol. The van der Waals surface area contributed by atoms with Crippen LogP contribution in [0.1, 0.15) is 34.3 Å². The highest BCUT2D eigenvalue weighted by atomic mass is 19.1. The molecule has 2 rings (SSSR count). The Balaban J connectivity index is 2.01. The van der Waals surface area contributed by atoms with Crippen LogP contribution in [0.4, 0.5) is 8.78 Å². The van der Waals surface area contributed by atoms with Crippen molar-refractivity contribution in [3.8, 4) is 0 Å². The van der Waals surface area contributed by atoms with Gasteiger partial charge in [-0.15, -0.1) is 0 Å². The number of carbonyl (C=O) groups is 1. The summed E-state index contributed by atoms with van der Waals surface area (Å²) in [6, 6.07) is 12.2. The van der Waals surface area contributed by atoms with E-state index in [1.54, 1.807) is 0 Å². The van der Waals surface area contributed by atoms with E-state index in [1.807, 2.05) is 30.3 Å². The van der Waals surface area contributed by atoms with Crippen LogP contribution in [0.3, 0.4) is 0 Å². The number of halogens is 2. The van der Waals surface area contributed by atoms with Gasteiger partial charge >= 0.3 is 0 Å². The van der Waals surface area contributed by atoms with Crippen molar-refractivity contribution in [3.63, 3.8) is 0 Å². The van der Waals surface area contributed by atoms with Crippen molar-refractivity contribution in [2.45, 2.75) is 26.2 Å². The number of hydrogen-bond acceptors (Lipinski definition) is 1. The largest absolute Gasteiger partial charge is 0.294 e. The number of rotatable bonds is 5. The maximum Gasteiger partial charge on any atom is 0.168 e. The highest BCUT2D eigenvalue weighted by molar-refractivity contribution is 5.96. The average Bonchev–Trinajstić information content (AvgIpc) is 2.44. The second-order valence-electron chi connectivity index (χ2n) is 4.82. The molecule has 20 heavy (non-hydrogen) atoms. The lowest BCUT2D eigenvalue weighted by molar-refractivity contribution is 0.0972. The highest BCUT2D eigenvalue weighted by Gasteiger charge is 2.18. The molecule has 0 N–H and O–H groups in total. The Labute approximate surface area is 117 Å². The van der Waals surface area contributed by atoms with E-state index in [-0.39, 0.29) is 12.0 Å². The molecule has 2 aromatic rings. The van der Waals surface area contributed by atoms with Gasteiger partial charge in [-0.1, -0.05) is 36.4 Å². The van der Waals surface area contributed by atoms with Crippen molar-refractivity contribution >= 4 is 5.78 Å². The van der Waals surface area contributed by atoms with Gasteiger partial charge in [-0.05, 0) is 37.0 Å². The van der Waals surface area contributed by atoms with Crippen LogP contribution >= 0.6 is 0 Å².